The number of anilines is 1. The van der Waals surface area contributed by atoms with Crippen LogP contribution in [0, 0.1) is 0 Å². The van der Waals surface area contributed by atoms with Crippen LogP contribution in [0.1, 0.15) is 31.2 Å². The summed E-state index contributed by atoms with van der Waals surface area (Å²) >= 11 is 5.92. The second-order valence-electron chi connectivity index (χ2n) is 10.4. The second-order valence-corrected chi connectivity index (χ2v) is 12.6. The summed E-state index contributed by atoms with van der Waals surface area (Å²) in [5.41, 5.74) is 1.06. The van der Waals surface area contributed by atoms with Gasteiger partial charge in [0.1, 0.15) is 11.6 Å². The molecule has 2 aliphatic rings. The average molecular weight is 615 g/mol. The third-order valence-corrected chi connectivity index (χ3v) is 8.95. The zero-order valence-corrected chi connectivity index (χ0v) is 25.0. The van der Waals surface area contributed by atoms with Crippen LogP contribution in [0.25, 0.3) is 0 Å². The summed E-state index contributed by atoms with van der Waals surface area (Å²) in [6, 6.07) is 13.8. The Hall–Kier alpha value is -3.29. The van der Waals surface area contributed by atoms with E-state index in [1.165, 1.54) is 25.4 Å². The highest BCUT2D eigenvalue weighted by atomic mass is 35.5. The van der Waals surface area contributed by atoms with E-state index in [1.54, 1.807) is 30.5 Å². The Morgan fingerprint density at radius 1 is 1.00 bits per heavy atom. The van der Waals surface area contributed by atoms with E-state index in [1.807, 2.05) is 17.0 Å². The molecule has 224 valence electrons. The predicted octanol–water partition coefficient (Wildman–Crippen LogP) is 4.51. The van der Waals surface area contributed by atoms with Gasteiger partial charge in [0, 0.05) is 63.8 Å². The number of halogens is 1. The number of sulfonamides is 1. The SMILES string of the molecule is COCCNS(=O)(=O)c1ccc(Oc2ccc(CN3CCC(N(C(=O)Nc4ccc(Cl)cn4)C4CC4)CC3)cn2)cc1. The van der Waals surface area contributed by atoms with E-state index in [9.17, 15) is 13.2 Å². The molecule has 3 aromatic rings. The average Bonchev–Trinajstić information content (AvgIpc) is 3.82. The third-order valence-electron chi connectivity index (χ3n) is 7.25. The molecule has 2 amide bonds. The van der Waals surface area contributed by atoms with Gasteiger partial charge in [-0.1, -0.05) is 17.7 Å². The van der Waals surface area contributed by atoms with Gasteiger partial charge in [-0.3, -0.25) is 10.2 Å². The van der Waals surface area contributed by atoms with Gasteiger partial charge in [-0.2, -0.15) is 0 Å². The van der Waals surface area contributed by atoms with Crippen molar-refractivity contribution in [1.82, 2.24) is 24.5 Å². The molecule has 0 bridgehead atoms. The first kappa shape index (κ1) is 30.2. The number of carbonyl (C=O) groups is 1. The fraction of sp³-hybridized carbons (Fsp3) is 0.414. The van der Waals surface area contributed by atoms with Gasteiger partial charge in [0.05, 0.1) is 16.5 Å². The Balaban J connectivity index is 1.09. The molecule has 5 rings (SSSR count). The standard InChI is InChI=1S/C29H35ClN6O5S/c1-40-17-14-33-42(38,39)26-8-6-25(7-9-26)41-28-11-2-21(18-32-28)20-35-15-12-24(13-16-35)36(23-4-5-23)29(37)34-27-10-3-22(30)19-31-27/h2-3,6-11,18-19,23-24,33H,4-5,12-17,20H2,1H3,(H,31,34,37). The number of nitrogens with one attached hydrogen (secondary N) is 2. The Morgan fingerprint density at radius 2 is 1.74 bits per heavy atom. The van der Waals surface area contributed by atoms with E-state index in [0.29, 0.717) is 35.1 Å². The second kappa shape index (κ2) is 13.8. The zero-order valence-electron chi connectivity index (χ0n) is 23.4. The van der Waals surface area contributed by atoms with Crippen LogP contribution in [0.2, 0.25) is 5.02 Å². The van der Waals surface area contributed by atoms with Gasteiger partial charge < -0.3 is 14.4 Å². The number of amides is 2. The van der Waals surface area contributed by atoms with Crippen LogP contribution in [0.3, 0.4) is 0 Å². The van der Waals surface area contributed by atoms with Crippen LogP contribution >= 0.6 is 11.6 Å². The molecule has 11 nitrogen and oxygen atoms in total. The summed E-state index contributed by atoms with van der Waals surface area (Å²) in [6.45, 7) is 3.02. The van der Waals surface area contributed by atoms with Crippen LogP contribution in [-0.2, 0) is 21.3 Å². The van der Waals surface area contributed by atoms with Gasteiger partial charge >= 0.3 is 6.03 Å². The van der Waals surface area contributed by atoms with E-state index in [2.05, 4.69) is 24.9 Å². The van der Waals surface area contributed by atoms with E-state index in [-0.39, 0.29) is 23.5 Å². The molecular weight excluding hydrogens is 580 g/mol. The molecule has 0 atom stereocenters. The van der Waals surface area contributed by atoms with E-state index in [4.69, 9.17) is 21.1 Å². The number of rotatable bonds is 12. The fourth-order valence-electron chi connectivity index (χ4n) is 4.95. The molecule has 0 spiro atoms. The van der Waals surface area contributed by atoms with Crippen molar-refractivity contribution in [3.8, 4) is 11.6 Å². The van der Waals surface area contributed by atoms with Gasteiger partial charge in [0.2, 0.25) is 15.9 Å². The Morgan fingerprint density at radius 3 is 2.36 bits per heavy atom. The van der Waals surface area contributed by atoms with Crippen molar-refractivity contribution in [3.05, 3.63) is 71.5 Å². The smallest absolute Gasteiger partial charge is 0.323 e. The van der Waals surface area contributed by atoms with E-state index >= 15 is 0 Å². The molecule has 42 heavy (non-hydrogen) atoms. The number of piperidine rings is 1. The molecular formula is C29H35ClN6O5S. The molecule has 2 aromatic heterocycles. The first-order valence-electron chi connectivity index (χ1n) is 14.0. The first-order chi connectivity index (χ1) is 20.3. The maximum absolute atomic E-state index is 13.1. The summed E-state index contributed by atoms with van der Waals surface area (Å²) < 4.78 is 37.8. The lowest BCUT2D eigenvalue weighted by Crippen LogP contribution is -2.49. The van der Waals surface area contributed by atoms with Crippen LogP contribution in [-0.4, -0.2) is 79.7 Å². The van der Waals surface area contributed by atoms with E-state index < -0.39 is 10.0 Å². The number of urea groups is 1. The van der Waals surface area contributed by atoms with Gasteiger partial charge in [-0.25, -0.2) is 27.9 Å². The summed E-state index contributed by atoms with van der Waals surface area (Å²) in [5, 5.41) is 3.46. The highest BCUT2D eigenvalue weighted by Crippen LogP contribution is 2.33. The minimum Gasteiger partial charge on any atom is -0.439 e. The molecule has 0 unspecified atom stereocenters. The highest BCUT2D eigenvalue weighted by Gasteiger charge is 2.38. The van der Waals surface area contributed by atoms with Crippen LogP contribution in [0.4, 0.5) is 10.6 Å². The van der Waals surface area contributed by atoms with Crippen molar-refractivity contribution in [3.63, 3.8) is 0 Å². The summed E-state index contributed by atoms with van der Waals surface area (Å²) in [5.74, 6) is 1.42. The number of carbonyl (C=O) groups excluding carboxylic acids is 1. The largest absolute Gasteiger partial charge is 0.439 e. The molecule has 1 aromatic carbocycles. The number of benzene rings is 1. The number of hydrogen-bond donors (Lipinski definition) is 2. The van der Waals surface area contributed by atoms with Gasteiger partial charge in [-0.05, 0) is 67.6 Å². The van der Waals surface area contributed by atoms with Gasteiger partial charge in [0.15, 0.2) is 0 Å². The van der Waals surface area contributed by atoms with Gasteiger partial charge in [-0.15, -0.1) is 0 Å². The molecule has 13 heteroatoms. The number of methoxy groups -OCH3 is 1. The number of pyridine rings is 2. The molecule has 1 aliphatic heterocycles. The van der Waals surface area contributed by atoms with Crippen molar-refractivity contribution in [2.75, 3.05) is 38.7 Å². The number of hydrogen-bond acceptors (Lipinski definition) is 8. The van der Waals surface area contributed by atoms with Crippen molar-refractivity contribution in [2.45, 2.75) is 49.2 Å². The normalized spacial score (nSPS) is 16.2. The molecule has 1 saturated heterocycles. The summed E-state index contributed by atoms with van der Waals surface area (Å²) in [7, 11) is -2.09. The Kier molecular flexibility index (Phi) is 9.91. The quantitative estimate of drug-likeness (QED) is 0.286. The van der Waals surface area contributed by atoms with Crippen LogP contribution in [0.5, 0.6) is 11.6 Å². The molecule has 2 fully saturated rings. The number of nitrogens with zero attached hydrogens (tertiary/aromatic N) is 4. The minimum absolute atomic E-state index is 0.0967. The molecule has 3 heterocycles. The number of likely N-dealkylation sites (tertiary alicyclic amines) is 1. The lowest BCUT2D eigenvalue weighted by Gasteiger charge is -2.38. The summed E-state index contributed by atoms with van der Waals surface area (Å²) in [4.78, 5) is 26.3. The van der Waals surface area contributed by atoms with E-state index in [0.717, 1.165) is 50.9 Å². The zero-order chi connectivity index (χ0) is 29.5. The van der Waals surface area contributed by atoms with Crippen molar-refractivity contribution in [2.24, 2.45) is 0 Å². The topological polar surface area (TPSA) is 126 Å². The first-order valence-corrected chi connectivity index (χ1v) is 15.8. The van der Waals surface area contributed by atoms with Crippen LogP contribution < -0.4 is 14.8 Å². The van der Waals surface area contributed by atoms with Crippen molar-refractivity contribution in [1.29, 1.82) is 0 Å². The molecule has 1 saturated carbocycles. The molecule has 2 N–H and O–H groups in total. The monoisotopic (exact) mass is 614 g/mol. The van der Waals surface area contributed by atoms with Crippen molar-refractivity contribution < 1.29 is 22.7 Å². The highest BCUT2D eigenvalue weighted by molar-refractivity contribution is 7.89. The third kappa shape index (κ3) is 8.17. The predicted molar refractivity (Wildman–Crippen MR) is 159 cm³/mol. The molecule has 0 radical (unpaired) electrons. The minimum atomic E-state index is -3.61. The van der Waals surface area contributed by atoms with Crippen LogP contribution in [0.15, 0.2) is 65.8 Å². The lowest BCUT2D eigenvalue weighted by molar-refractivity contribution is 0.119. The van der Waals surface area contributed by atoms with Gasteiger partial charge in [0.25, 0.3) is 0 Å². The molecule has 1 aliphatic carbocycles. The lowest BCUT2D eigenvalue weighted by atomic mass is 10.0. The fourth-order valence-corrected chi connectivity index (χ4v) is 6.08. The number of aromatic nitrogens is 2. The Labute approximate surface area is 251 Å². The maximum atomic E-state index is 13.1. The summed E-state index contributed by atoms with van der Waals surface area (Å²) in [6.07, 6.45) is 7.21. The Bertz CT molecular complexity index is 1430. The van der Waals surface area contributed by atoms with Crippen molar-refractivity contribution >= 4 is 33.5 Å². The number of ether oxygens (including phenoxy) is 2. The maximum Gasteiger partial charge on any atom is 0.323 e.